The summed E-state index contributed by atoms with van der Waals surface area (Å²) in [7, 11) is 1.55. The number of carbonyl (C=O) groups excluding carboxylic acids is 2. The van der Waals surface area contributed by atoms with Crippen molar-refractivity contribution in [3.8, 4) is 5.75 Å². The van der Waals surface area contributed by atoms with Crippen molar-refractivity contribution in [1.29, 1.82) is 0 Å². The molecule has 0 aliphatic rings. The van der Waals surface area contributed by atoms with Crippen molar-refractivity contribution < 1.29 is 19.1 Å². The van der Waals surface area contributed by atoms with E-state index < -0.39 is 11.4 Å². The predicted molar refractivity (Wildman–Crippen MR) is 72.2 cm³/mol. The van der Waals surface area contributed by atoms with E-state index in [0.29, 0.717) is 17.6 Å². The molecule has 0 aliphatic carbocycles. The lowest BCUT2D eigenvalue weighted by atomic mass is 9.79. The van der Waals surface area contributed by atoms with Crippen molar-refractivity contribution in [1.82, 2.24) is 0 Å². The number of esters is 1. The number of hydrogen-bond donors (Lipinski definition) is 0. The highest BCUT2D eigenvalue weighted by molar-refractivity contribution is 6.00. The van der Waals surface area contributed by atoms with Gasteiger partial charge in [0.2, 0.25) is 0 Å². The minimum atomic E-state index is -1.33. The lowest BCUT2D eigenvalue weighted by molar-refractivity contribution is -0.151. The topological polar surface area (TPSA) is 52.6 Å². The molecule has 1 unspecified atom stereocenters. The zero-order valence-electron chi connectivity index (χ0n) is 11.2. The maximum absolute atomic E-state index is 12.1. The predicted octanol–water partition coefficient (Wildman–Crippen LogP) is 2.27. The number of carbonyl (C=O) groups is 2. The van der Waals surface area contributed by atoms with Crippen molar-refractivity contribution >= 4 is 12.3 Å². The van der Waals surface area contributed by atoms with Crippen LogP contribution in [0.25, 0.3) is 0 Å². The second-order valence-corrected chi connectivity index (χ2v) is 4.03. The van der Waals surface area contributed by atoms with Crippen LogP contribution in [0.2, 0.25) is 0 Å². The van der Waals surface area contributed by atoms with Gasteiger partial charge in [-0.1, -0.05) is 18.2 Å². The highest BCUT2D eigenvalue weighted by Gasteiger charge is 2.40. The van der Waals surface area contributed by atoms with Gasteiger partial charge in [0.15, 0.2) is 5.41 Å². The smallest absolute Gasteiger partial charge is 0.324 e. The molecule has 1 aromatic rings. The summed E-state index contributed by atoms with van der Waals surface area (Å²) in [5.41, 5.74) is -0.758. The van der Waals surface area contributed by atoms with Gasteiger partial charge < -0.3 is 14.3 Å². The van der Waals surface area contributed by atoms with Crippen LogP contribution in [0.3, 0.4) is 0 Å². The van der Waals surface area contributed by atoms with Gasteiger partial charge in [-0.25, -0.2) is 0 Å². The number of benzene rings is 1. The van der Waals surface area contributed by atoms with E-state index in [-0.39, 0.29) is 13.0 Å². The fourth-order valence-corrected chi connectivity index (χ4v) is 1.86. The van der Waals surface area contributed by atoms with E-state index in [4.69, 9.17) is 9.47 Å². The third-order valence-electron chi connectivity index (χ3n) is 2.91. The fourth-order valence-electron chi connectivity index (χ4n) is 1.86. The second-order valence-electron chi connectivity index (χ2n) is 4.03. The molecule has 0 saturated carbocycles. The normalized spacial score (nSPS) is 13.2. The Morgan fingerprint density at radius 1 is 1.37 bits per heavy atom. The molecule has 0 amide bonds. The number of aldehydes is 1. The van der Waals surface area contributed by atoms with Crippen LogP contribution in [0.15, 0.2) is 36.9 Å². The average molecular weight is 262 g/mol. The molecule has 0 aliphatic heterocycles. The van der Waals surface area contributed by atoms with E-state index in [9.17, 15) is 9.59 Å². The van der Waals surface area contributed by atoms with Gasteiger partial charge in [-0.3, -0.25) is 4.79 Å². The van der Waals surface area contributed by atoms with E-state index in [2.05, 4.69) is 6.58 Å². The fraction of sp³-hybridized carbons (Fsp3) is 0.333. The largest absolute Gasteiger partial charge is 0.497 e. The standard InChI is InChI=1S/C15H18O4/c1-4-10-15(11-16,14(17)19-5-2)12-6-8-13(18-3)9-7-12/h4,6-9,11H,1,5,10H2,2-3H3. The summed E-state index contributed by atoms with van der Waals surface area (Å²) < 4.78 is 10.1. The molecule has 0 saturated heterocycles. The Kier molecular flexibility index (Phi) is 5.30. The van der Waals surface area contributed by atoms with Crippen molar-refractivity contribution in [3.05, 3.63) is 42.5 Å². The summed E-state index contributed by atoms with van der Waals surface area (Å²) in [4.78, 5) is 23.6. The Balaban J connectivity index is 3.23. The number of hydrogen-bond acceptors (Lipinski definition) is 4. The van der Waals surface area contributed by atoms with Gasteiger partial charge in [-0.2, -0.15) is 0 Å². The van der Waals surface area contributed by atoms with Crippen LogP contribution in [-0.2, 0) is 19.7 Å². The van der Waals surface area contributed by atoms with E-state index in [0.717, 1.165) is 0 Å². The highest BCUT2D eigenvalue weighted by Crippen LogP contribution is 2.29. The van der Waals surface area contributed by atoms with Crippen LogP contribution in [0.5, 0.6) is 5.75 Å². The molecular formula is C15H18O4. The van der Waals surface area contributed by atoms with E-state index in [1.807, 2.05) is 0 Å². The van der Waals surface area contributed by atoms with Crippen molar-refractivity contribution in [2.45, 2.75) is 18.8 Å². The Labute approximate surface area is 113 Å². The van der Waals surface area contributed by atoms with Crippen LogP contribution >= 0.6 is 0 Å². The van der Waals surface area contributed by atoms with Gasteiger partial charge in [-0.05, 0) is 31.0 Å². The summed E-state index contributed by atoms with van der Waals surface area (Å²) in [6.45, 7) is 5.53. The maximum atomic E-state index is 12.1. The van der Waals surface area contributed by atoms with Crippen molar-refractivity contribution in [2.75, 3.05) is 13.7 Å². The summed E-state index contributed by atoms with van der Waals surface area (Å²) >= 11 is 0. The number of methoxy groups -OCH3 is 1. The molecule has 1 aromatic carbocycles. The molecule has 0 fully saturated rings. The molecule has 4 heteroatoms. The molecule has 0 aromatic heterocycles. The van der Waals surface area contributed by atoms with E-state index in [1.54, 1.807) is 38.3 Å². The molecule has 0 bridgehead atoms. The van der Waals surface area contributed by atoms with Gasteiger partial charge in [0, 0.05) is 0 Å². The average Bonchev–Trinajstić information content (AvgIpc) is 2.45. The quantitative estimate of drug-likeness (QED) is 0.327. The SMILES string of the molecule is C=CCC(C=O)(C(=O)OCC)c1ccc(OC)cc1. The van der Waals surface area contributed by atoms with Crippen LogP contribution < -0.4 is 4.74 Å². The summed E-state index contributed by atoms with van der Waals surface area (Å²) in [6.07, 6.45) is 2.35. The minimum Gasteiger partial charge on any atom is -0.497 e. The molecule has 0 heterocycles. The van der Waals surface area contributed by atoms with Crippen molar-refractivity contribution in [3.63, 3.8) is 0 Å². The number of rotatable bonds is 7. The van der Waals surface area contributed by atoms with Gasteiger partial charge in [-0.15, -0.1) is 6.58 Å². The molecule has 1 atom stereocenters. The van der Waals surface area contributed by atoms with Gasteiger partial charge in [0.05, 0.1) is 13.7 Å². The van der Waals surface area contributed by atoms with Crippen molar-refractivity contribution in [2.24, 2.45) is 0 Å². The first-order valence-corrected chi connectivity index (χ1v) is 6.03. The molecule has 4 nitrogen and oxygen atoms in total. The Bertz CT molecular complexity index is 450. The summed E-state index contributed by atoms with van der Waals surface area (Å²) in [5, 5.41) is 0. The third-order valence-corrected chi connectivity index (χ3v) is 2.91. The second kappa shape index (κ2) is 6.73. The summed E-state index contributed by atoms with van der Waals surface area (Å²) in [5.74, 6) is 0.0982. The molecule has 0 N–H and O–H groups in total. The molecule has 102 valence electrons. The van der Waals surface area contributed by atoms with E-state index in [1.165, 1.54) is 6.08 Å². The molecule has 0 radical (unpaired) electrons. The van der Waals surface area contributed by atoms with Gasteiger partial charge in [0.25, 0.3) is 0 Å². The Morgan fingerprint density at radius 2 is 2.00 bits per heavy atom. The Hall–Kier alpha value is -2.10. The van der Waals surface area contributed by atoms with Gasteiger partial charge in [0.1, 0.15) is 12.0 Å². The lowest BCUT2D eigenvalue weighted by Crippen LogP contribution is -2.38. The van der Waals surface area contributed by atoms with E-state index >= 15 is 0 Å². The minimum absolute atomic E-state index is 0.196. The molecule has 1 rings (SSSR count). The lowest BCUT2D eigenvalue weighted by Gasteiger charge is -2.25. The first-order chi connectivity index (χ1) is 9.14. The van der Waals surface area contributed by atoms with Crippen LogP contribution in [0.4, 0.5) is 0 Å². The van der Waals surface area contributed by atoms with Crippen LogP contribution in [-0.4, -0.2) is 26.0 Å². The zero-order valence-corrected chi connectivity index (χ0v) is 11.2. The molecule has 19 heavy (non-hydrogen) atoms. The monoisotopic (exact) mass is 262 g/mol. The number of allylic oxidation sites excluding steroid dienone is 1. The maximum Gasteiger partial charge on any atom is 0.324 e. The van der Waals surface area contributed by atoms with Crippen LogP contribution in [0, 0.1) is 0 Å². The van der Waals surface area contributed by atoms with Gasteiger partial charge >= 0.3 is 5.97 Å². The first-order valence-electron chi connectivity index (χ1n) is 6.03. The molecule has 0 spiro atoms. The summed E-state index contributed by atoms with van der Waals surface area (Å²) in [6, 6.07) is 6.78. The Morgan fingerprint density at radius 3 is 2.42 bits per heavy atom. The zero-order chi connectivity index (χ0) is 14.3. The number of ether oxygens (including phenoxy) is 2. The third kappa shape index (κ3) is 3.02. The highest BCUT2D eigenvalue weighted by atomic mass is 16.5. The van der Waals surface area contributed by atoms with Crippen LogP contribution in [0.1, 0.15) is 18.9 Å². The molecular weight excluding hydrogens is 244 g/mol. The first kappa shape index (κ1) is 15.0.